The van der Waals surface area contributed by atoms with Crippen molar-refractivity contribution in [3.05, 3.63) is 65.5 Å². The monoisotopic (exact) mass is 212 g/mol. The zero-order chi connectivity index (χ0) is 11.4. The summed E-state index contributed by atoms with van der Waals surface area (Å²) in [5, 5.41) is 3.30. The van der Waals surface area contributed by atoms with Crippen molar-refractivity contribution in [1.29, 1.82) is 0 Å². The molecule has 2 nitrogen and oxygen atoms in total. The summed E-state index contributed by atoms with van der Waals surface area (Å²) in [4.78, 5) is 4.39. The molecule has 1 atom stereocenters. The van der Waals surface area contributed by atoms with Gasteiger partial charge in [0.25, 0.3) is 0 Å². The lowest BCUT2D eigenvalue weighted by Gasteiger charge is -2.16. The summed E-state index contributed by atoms with van der Waals surface area (Å²) in [6.07, 6.45) is 1.83. The molecule has 1 heterocycles. The van der Waals surface area contributed by atoms with E-state index in [0.29, 0.717) is 0 Å². The first-order chi connectivity index (χ1) is 7.81. The Morgan fingerprint density at radius 1 is 1.12 bits per heavy atom. The fraction of sp³-hybridized carbons (Fsp3) is 0.214. The van der Waals surface area contributed by atoms with Gasteiger partial charge in [-0.05, 0) is 31.7 Å². The van der Waals surface area contributed by atoms with Gasteiger partial charge >= 0.3 is 0 Å². The maximum absolute atomic E-state index is 4.39. The van der Waals surface area contributed by atoms with Gasteiger partial charge in [0.2, 0.25) is 0 Å². The Balaban J connectivity index is 2.37. The molecule has 1 N–H and O–H groups in total. The van der Waals surface area contributed by atoms with Crippen LogP contribution in [-0.4, -0.2) is 12.0 Å². The molecule has 0 aliphatic rings. The van der Waals surface area contributed by atoms with Crippen LogP contribution in [0.15, 0.2) is 48.7 Å². The van der Waals surface area contributed by atoms with Gasteiger partial charge in [-0.25, -0.2) is 0 Å². The maximum Gasteiger partial charge on any atom is 0.0749 e. The second-order valence-corrected chi connectivity index (χ2v) is 3.89. The predicted molar refractivity (Wildman–Crippen MR) is 66.3 cm³/mol. The molecular formula is C14H16N2. The van der Waals surface area contributed by atoms with E-state index in [4.69, 9.17) is 0 Å². The molecule has 0 bridgehead atoms. The molecule has 0 fully saturated rings. The second kappa shape index (κ2) is 4.90. The van der Waals surface area contributed by atoms with Crippen LogP contribution < -0.4 is 5.32 Å². The zero-order valence-electron chi connectivity index (χ0n) is 9.64. The van der Waals surface area contributed by atoms with E-state index in [1.54, 1.807) is 0 Å². The number of aryl methyl sites for hydroxylation is 1. The van der Waals surface area contributed by atoms with Crippen LogP contribution in [-0.2, 0) is 0 Å². The van der Waals surface area contributed by atoms with Crippen LogP contribution in [0.5, 0.6) is 0 Å². The van der Waals surface area contributed by atoms with Crippen LogP contribution in [0.2, 0.25) is 0 Å². The Labute approximate surface area is 96.4 Å². The van der Waals surface area contributed by atoms with Crippen molar-refractivity contribution in [3.63, 3.8) is 0 Å². The Morgan fingerprint density at radius 2 is 2.00 bits per heavy atom. The van der Waals surface area contributed by atoms with E-state index in [1.807, 2.05) is 31.4 Å². The smallest absolute Gasteiger partial charge is 0.0749 e. The van der Waals surface area contributed by atoms with Gasteiger partial charge in [0, 0.05) is 6.20 Å². The third-order valence-electron chi connectivity index (χ3n) is 2.65. The minimum atomic E-state index is 0.168. The van der Waals surface area contributed by atoms with Crippen molar-refractivity contribution < 1.29 is 0 Å². The normalized spacial score (nSPS) is 12.4. The third kappa shape index (κ3) is 2.28. The molecule has 2 heteroatoms. The van der Waals surface area contributed by atoms with E-state index in [1.165, 1.54) is 11.1 Å². The highest BCUT2D eigenvalue weighted by Crippen LogP contribution is 2.20. The summed E-state index contributed by atoms with van der Waals surface area (Å²) in [6.45, 7) is 2.11. The minimum Gasteiger partial charge on any atom is -0.308 e. The molecule has 1 aromatic heterocycles. The molecule has 2 rings (SSSR count). The number of aromatic nitrogens is 1. The summed E-state index contributed by atoms with van der Waals surface area (Å²) in [6, 6.07) is 14.7. The lowest BCUT2D eigenvalue weighted by Crippen LogP contribution is -2.18. The lowest BCUT2D eigenvalue weighted by atomic mass is 10.0. The van der Waals surface area contributed by atoms with Crippen molar-refractivity contribution in [2.45, 2.75) is 13.0 Å². The standard InChI is InChI=1S/C14H16N2/c1-11-6-5-7-12(10-11)14(15-2)13-8-3-4-9-16-13/h3-10,14-15H,1-2H3. The molecule has 0 aliphatic heterocycles. The summed E-state index contributed by atoms with van der Waals surface area (Å²) >= 11 is 0. The minimum absolute atomic E-state index is 0.168. The summed E-state index contributed by atoms with van der Waals surface area (Å²) in [7, 11) is 1.96. The molecule has 0 aliphatic carbocycles. The molecule has 1 aromatic carbocycles. The predicted octanol–water partition coefficient (Wildman–Crippen LogP) is 2.70. The van der Waals surface area contributed by atoms with E-state index in [-0.39, 0.29) is 6.04 Å². The number of benzene rings is 1. The Kier molecular flexibility index (Phi) is 3.32. The molecule has 16 heavy (non-hydrogen) atoms. The van der Waals surface area contributed by atoms with Gasteiger partial charge in [0.1, 0.15) is 0 Å². The molecule has 0 saturated carbocycles. The van der Waals surface area contributed by atoms with Gasteiger partial charge < -0.3 is 5.32 Å². The van der Waals surface area contributed by atoms with Gasteiger partial charge in [-0.15, -0.1) is 0 Å². The van der Waals surface area contributed by atoms with Crippen molar-refractivity contribution in [1.82, 2.24) is 10.3 Å². The first-order valence-electron chi connectivity index (χ1n) is 5.46. The average Bonchev–Trinajstić information content (AvgIpc) is 2.31. The van der Waals surface area contributed by atoms with Gasteiger partial charge in [-0.2, -0.15) is 0 Å². The van der Waals surface area contributed by atoms with Crippen molar-refractivity contribution in [2.24, 2.45) is 0 Å². The number of hydrogen-bond acceptors (Lipinski definition) is 2. The first-order valence-corrected chi connectivity index (χ1v) is 5.46. The number of nitrogens with zero attached hydrogens (tertiary/aromatic N) is 1. The van der Waals surface area contributed by atoms with Crippen LogP contribution in [0.4, 0.5) is 0 Å². The van der Waals surface area contributed by atoms with E-state index in [0.717, 1.165) is 5.69 Å². The van der Waals surface area contributed by atoms with E-state index < -0.39 is 0 Å². The fourth-order valence-corrected chi connectivity index (χ4v) is 1.88. The lowest BCUT2D eigenvalue weighted by molar-refractivity contribution is 0.670. The number of pyridine rings is 1. The van der Waals surface area contributed by atoms with Gasteiger partial charge in [-0.3, -0.25) is 4.98 Å². The van der Waals surface area contributed by atoms with Crippen molar-refractivity contribution >= 4 is 0 Å². The largest absolute Gasteiger partial charge is 0.308 e. The number of hydrogen-bond donors (Lipinski definition) is 1. The van der Waals surface area contributed by atoms with Gasteiger partial charge in [-0.1, -0.05) is 35.9 Å². The van der Waals surface area contributed by atoms with Crippen LogP contribution in [0.3, 0.4) is 0 Å². The zero-order valence-corrected chi connectivity index (χ0v) is 9.64. The molecule has 0 saturated heterocycles. The van der Waals surface area contributed by atoms with Crippen LogP contribution in [0, 0.1) is 6.92 Å². The Bertz CT molecular complexity index is 451. The van der Waals surface area contributed by atoms with Crippen molar-refractivity contribution in [3.8, 4) is 0 Å². The molecular weight excluding hydrogens is 196 g/mol. The quantitative estimate of drug-likeness (QED) is 0.846. The molecule has 1 unspecified atom stereocenters. The Morgan fingerprint density at radius 3 is 2.62 bits per heavy atom. The third-order valence-corrected chi connectivity index (χ3v) is 2.65. The van der Waals surface area contributed by atoms with Crippen molar-refractivity contribution in [2.75, 3.05) is 7.05 Å². The van der Waals surface area contributed by atoms with Gasteiger partial charge in [0.05, 0.1) is 11.7 Å². The Hall–Kier alpha value is -1.67. The van der Waals surface area contributed by atoms with Crippen LogP contribution >= 0.6 is 0 Å². The highest BCUT2D eigenvalue weighted by atomic mass is 14.9. The number of rotatable bonds is 3. The van der Waals surface area contributed by atoms with Gasteiger partial charge in [0.15, 0.2) is 0 Å². The fourth-order valence-electron chi connectivity index (χ4n) is 1.88. The molecule has 2 aromatic rings. The van der Waals surface area contributed by atoms with E-state index in [9.17, 15) is 0 Å². The molecule has 0 amide bonds. The highest BCUT2D eigenvalue weighted by Gasteiger charge is 2.12. The van der Waals surface area contributed by atoms with Crippen LogP contribution in [0.25, 0.3) is 0 Å². The SMILES string of the molecule is CNC(c1cccc(C)c1)c1ccccn1. The van der Waals surface area contributed by atoms with Crippen LogP contribution in [0.1, 0.15) is 22.9 Å². The summed E-state index contributed by atoms with van der Waals surface area (Å²) in [5.41, 5.74) is 3.57. The van der Waals surface area contributed by atoms with E-state index in [2.05, 4.69) is 41.5 Å². The van der Waals surface area contributed by atoms with E-state index >= 15 is 0 Å². The topological polar surface area (TPSA) is 24.9 Å². The summed E-state index contributed by atoms with van der Waals surface area (Å²) < 4.78 is 0. The highest BCUT2D eigenvalue weighted by molar-refractivity contribution is 5.30. The number of nitrogens with one attached hydrogen (secondary N) is 1. The maximum atomic E-state index is 4.39. The first kappa shape index (κ1) is 10.8. The molecule has 0 radical (unpaired) electrons. The average molecular weight is 212 g/mol. The second-order valence-electron chi connectivity index (χ2n) is 3.89. The summed E-state index contributed by atoms with van der Waals surface area (Å²) in [5.74, 6) is 0. The molecule has 82 valence electrons. The molecule has 0 spiro atoms.